The Kier molecular flexibility index (Phi) is 6.55. The van der Waals surface area contributed by atoms with Crippen molar-refractivity contribution in [3.63, 3.8) is 0 Å². The molecule has 4 rings (SSSR count). The molecule has 33 heavy (non-hydrogen) atoms. The summed E-state index contributed by atoms with van der Waals surface area (Å²) in [5.74, 6) is -1.30. The number of anilines is 3. The number of benzene rings is 2. The molecule has 0 saturated heterocycles. The second-order valence-electron chi connectivity index (χ2n) is 7.62. The summed E-state index contributed by atoms with van der Waals surface area (Å²) >= 11 is 6.16. The van der Waals surface area contributed by atoms with Gasteiger partial charge < -0.3 is 20.2 Å². The standard InChI is InChI=1S/C24H21ClN4O4/c1-14(10-23(31)32)18-9-7-16(13-26-18)27-22(30)12-15-6-8-20-21(11-15)33-24(29-20)28-19-5-3-2-4-17(19)25/h2-9,11,13-14H,10,12H2,1H3,(H,27,30)(H,28,29)(H,31,32). The van der Waals surface area contributed by atoms with Gasteiger partial charge in [-0.3, -0.25) is 14.6 Å². The van der Waals surface area contributed by atoms with E-state index in [9.17, 15) is 9.59 Å². The Labute approximate surface area is 194 Å². The smallest absolute Gasteiger partial charge is 0.304 e. The van der Waals surface area contributed by atoms with Gasteiger partial charge in [0.2, 0.25) is 5.91 Å². The van der Waals surface area contributed by atoms with E-state index >= 15 is 0 Å². The largest absolute Gasteiger partial charge is 0.481 e. The molecule has 1 atom stereocenters. The molecule has 9 heteroatoms. The normalized spacial score (nSPS) is 11.8. The number of aromatic nitrogens is 2. The van der Waals surface area contributed by atoms with Gasteiger partial charge in [0.1, 0.15) is 5.52 Å². The lowest BCUT2D eigenvalue weighted by atomic mass is 10.0. The summed E-state index contributed by atoms with van der Waals surface area (Å²) < 4.78 is 5.77. The maximum absolute atomic E-state index is 12.5. The molecule has 2 heterocycles. The number of aliphatic carboxylic acids is 1. The molecular formula is C24H21ClN4O4. The lowest BCUT2D eigenvalue weighted by Crippen LogP contribution is -2.14. The Balaban J connectivity index is 1.39. The minimum absolute atomic E-state index is 0.00155. The maximum atomic E-state index is 12.5. The van der Waals surface area contributed by atoms with E-state index in [2.05, 4.69) is 20.6 Å². The molecule has 168 valence electrons. The summed E-state index contributed by atoms with van der Waals surface area (Å²) in [6.45, 7) is 1.80. The maximum Gasteiger partial charge on any atom is 0.304 e. The van der Waals surface area contributed by atoms with Crippen LogP contribution in [-0.4, -0.2) is 27.0 Å². The number of halogens is 1. The van der Waals surface area contributed by atoms with Crippen LogP contribution in [0.15, 0.2) is 65.2 Å². The molecule has 1 amide bonds. The third kappa shape index (κ3) is 5.67. The molecule has 2 aromatic heterocycles. The average Bonchev–Trinajstić information content (AvgIpc) is 3.17. The molecule has 0 aliphatic carbocycles. The van der Waals surface area contributed by atoms with Crippen LogP contribution in [0.1, 0.15) is 30.5 Å². The number of amides is 1. The number of nitrogens with zero attached hydrogens (tertiary/aromatic N) is 2. The minimum Gasteiger partial charge on any atom is -0.481 e. The summed E-state index contributed by atoms with van der Waals surface area (Å²) in [5.41, 5.74) is 3.85. The molecule has 0 saturated carbocycles. The van der Waals surface area contributed by atoms with Crippen molar-refractivity contribution in [3.05, 3.63) is 77.1 Å². The highest BCUT2D eigenvalue weighted by Crippen LogP contribution is 2.27. The summed E-state index contributed by atoms with van der Waals surface area (Å²) in [5, 5.41) is 15.3. The van der Waals surface area contributed by atoms with Gasteiger partial charge in [0.05, 0.1) is 35.4 Å². The van der Waals surface area contributed by atoms with Crippen molar-refractivity contribution in [2.24, 2.45) is 0 Å². The van der Waals surface area contributed by atoms with Crippen molar-refractivity contribution < 1.29 is 19.1 Å². The van der Waals surface area contributed by atoms with Gasteiger partial charge in [0, 0.05) is 11.6 Å². The van der Waals surface area contributed by atoms with Crippen LogP contribution in [0.4, 0.5) is 17.4 Å². The quantitative estimate of drug-likeness (QED) is 0.320. The first-order valence-electron chi connectivity index (χ1n) is 10.3. The van der Waals surface area contributed by atoms with Crippen molar-refractivity contribution in [2.45, 2.75) is 25.7 Å². The van der Waals surface area contributed by atoms with Gasteiger partial charge in [-0.2, -0.15) is 4.98 Å². The molecule has 4 aromatic rings. The first kappa shape index (κ1) is 22.3. The Morgan fingerprint density at radius 2 is 1.97 bits per heavy atom. The van der Waals surface area contributed by atoms with Crippen LogP contribution in [-0.2, 0) is 16.0 Å². The molecule has 2 aromatic carbocycles. The van der Waals surface area contributed by atoms with Crippen LogP contribution >= 0.6 is 11.6 Å². The second kappa shape index (κ2) is 9.70. The van der Waals surface area contributed by atoms with E-state index in [0.29, 0.717) is 39.2 Å². The number of fused-ring (bicyclic) bond motifs is 1. The van der Waals surface area contributed by atoms with Crippen molar-refractivity contribution >= 4 is 52.0 Å². The van der Waals surface area contributed by atoms with E-state index < -0.39 is 5.97 Å². The number of carboxylic acids is 1. The summed E-state index contributed by atoms with van der Waals surface area (Å²) in [6, 6.07) is 16.4. The molecule has 0 aliphatic heterocycles. The highest BCUT2D eigenvalue weighted by Gasteiger charge is 2.13. The zero-order chi connectivity index (χ0) is 23.4. The van der Waals surface area contributed by atoms with E-state index in [1.54, 1.807) is 37.3 Å². The van der Waals surface area contributed by atoms with Gasteiger partial charge in [-0.1, -0.05) is 36.7 Å². The fourth-order valence-electron chi connectivity index (χ4n) is 3.34. The fraction of sp³-hybridized carbons (Fsp3) is 0.167. The van der Waals surface area contributed by atoms with Crippen molar-refractivity contribution in [1.82, 2.24) is 9.97 Å². The Morgan fingerprint density at radius 1 is 1.15 bits per heavy atom. The first-order chi connectivity index (χ1) is 15.9. The molecule has 3 N–H and O–H groups in total. The molecule has 0 radical (unpaired) electrons. The Bertz CT molecular complexity index is 1300. The van der Waals surface area contributed by atoms with E-state index in [1.807, 2.05) is 24.3 Å². The summed E-state index contributed by atoms with van der Waals surface area (Å²) in [7, 11) is 0. The molecule has 0 fully saturated rings. The molecule has 1 unspecified atom stereocenters. The van der Waals surface area contributed by atoms with E-state index in [4.69, 9.17) is 21.1 Å². The number of para-hydroxylation sites is 1. The lowest BCUT2D eigenvalue weighted by molar-refractivity contribution is -0.137. The van der Waals surface area contributed by atoms with Crippen LogP contribution < -0.4 is 10.6 Å². The van der Waals surface area contributed by atoms with E-state index in [1.165, 1.54) is 6.20 Å². The van der Waals surface area contributed by atoms with Crippen LogP contribution in [0, 0.1) is 0 Å². The third-order valence-corrected chi connectivity index (χ3v) is 5.32. The van der Waals surface area contributed by atoms with E-state index in [0.717, 1.165) is 5.56 Å². The number of oxazole rings is 1. The number of pyridine rings is 1. The zero-order valence-corrected chi connectivity index (χ0v) is 18.5. The predicted molar refractivity (Wildman–Crippen MR) is 126 cm³/mol. The number of hydrogen-bond donors (Lipinski definition) is 3. The molecule has 0 bridgehead atoms. The van der Waals surface area contributed by atoms with Crippen LogP contribution in [0.2, 0.25) is 5.02 Å². The van der Waals surface area contributed by atoms with Gasteiger partial charge in [-0.15, -0.1) is 0 Å². The van der Waals surface area contributed by atoms with Crippen LogP contribution in [0.25, 0.3) is 11.1 Å². The van der Waals surface area contributed by atoms with Crippen LogP contribution in [0.5, 0.6) is 0 Å². The zero-order valence-electron chi connectivity index (χ0n) is 17.7. The van der Waals surface area contributed by atoms with Gasteiger partial charge in [-0.25, -0.2) is 0 Å². The third-order valence-electron chi connectivity index (χ3n) is 4.99. The number of carbonyl (C=O) groups is 2. The SMILES string of the molecule is CC(CC(=O)O)c1ccc(NC(=O)Cc2ccc3nc(Nc4ccccc4Cl)oc3c2)cn1. The van der Waals surface area contributed by atoms with Crippen molar-refractivity contribution in [1.29, 1.82) is 0 Å². The van der Waals surface area contributed by atoms with Gasteiger partial charge in [0.25, 0.3) is 6.01 Å². The van der Waals surface area contributed by atoms with Gasteiger partial charge in [0.15, 0.2) is 5.58 Å². The number of hydrogen-bond acceptors (Lipinski definition) is 6. The monoisotopic (exact) mass is 464 g/mol. The first-order valence-corrected chi connectivity index (χ1v) is 10.6. The topological polar surface area (TPSA) is 117 Å². The number of carboxylic acid groups (broad SMARTS) is 1. The Morgan fingerprint density at radius 3 is 2.70 bits per heavy atom. The minimum atomic E-state index is -0.878. The van der Waals surface area contributed by atoms with Crippen molar-refractivity contribution in [3.8, 4) is 0 Å². The van der Waals surface area contributed by atoms with Gasteiger partial charge >= 0.3 is 5.97 Å². The predicted octanol–water partition coefficient (Wildman–Crippen LogP) is 5.38. The molecular weight excluding hydrogens is 444 g/mol. The molecule has 8 nitrogen and oxygen atoms in total. The second-order valence-corrected chi connectivity index (χ2v) is 8.03. The number of nitrogens with one attached hydrogen (secondary N) is 2. The average molecular weight is 465 g/mol. The van der Waals surface area contributed by atoms with Crippen molar-refractivity contribution in [2.75, 3.05) is 10.6 Å². The molecule has 0 aliphatic rings. The Hall–Kier alpha value is -3.91. The van der Waals surface area contributed by atoms with E-state index in [-0.39, 0.29) is 24.7 Å². The lowest BCUT2D eigenvalue weighted by Gasteiger charge is -2.10. The molecule has 0 spiro atoms. The summed E-state index contributed by atoms with van der Waals surface area (Å²) in [6.07, 6.45) is 1.66. The van der Waals surface area contributed by atoms with Gasteiger partial charge in [-0.05, 0) is 42.0 Å². The van der Waals surface area contributed by atoms with Crippen LogP contribution in [0.3, 0.4) is 0 Å². The summed E-state index contributed by atoms with van der Waals surface area (Å²) in [4.78, 5) is 32.0. The number of rotatable bonds is 8. The highest BCUT2D eigenvalue weighted by atomic mass is 35.5. The fourth-order valence-corrected chi connectivity index (χ4v) is 3.52. The number of carbonyl (C=O) groups excluding carboxylic acids is 1. The highest BCUT2D eigenvalue weighted by molar-refractivity contribution is 6.33.